The van der Waals surface area contributed by atoms with Gasteiger partial charge in [0.2, 0.25) is 0 Å². The molecule has 3 heterocycles. The van der Waals surface area contributed by atoms with Crippen molar-refractivity contribution in [1.29, 1.82) is 0 Å². The SMILES string of the molecule is COC1CCN(c2cccc3c2CCN(C(=O)c2cnc(-c4cccc(Cl)c4F)s2)C3C(=O)Cc2ccc(C(=O)O)cc2)CC1. The molecule has 0 aliphatic carbocycles. The molecule has 4 aromatic rings. The van der Waals surface area contributed by atoms with E-state index in [0.717, 1.165) is 54.1 Å². The second-order valence-electron chi connectivity index (χ2n) is 11.2. The normalized spacial score (nSPS) is 16.8. The molecule has 6 rings (SSSR count). The van der Waals surface area contributed by atoms with Crippen LogP contribution in [0.4, 0.5) is 10.1 Å². The number of fused-ring (bicyclic) bond motifs is 1. The van der Waals surface area contributed by atoms with E-state index >= 15 is 0 Å². The van der Waals surface area contributed by atoms with Crippen molar-refractivity contribution in [3.05, 3.63) is 105 Å². The molecule has 1 amide bonds. The molecule has 2 aliphatic heterocycles. The predicted octanol–water partition coefficient (Wildman–Crippen LogP) is 6.47. The Kier molecular flexibility index (Phi) is 8.98. The number of ether oxygens (including phenoxy) is 1. The molecular formula is C34H31ClFN3O5S. The fourth-order valence-electron chi connectivity index (χ4n) is 6.22. The van der Waals surface area contributed by atoms with Gasteiger partial charge in [0, 0.05) is 44.4 Å². The van der Waals surface area contributed by atoms with E-state index in [9.17, 15) is 23.9 Å². The fraction of sp³-hybridized carbons (Fsp3) is 0.294. The Labute approximate surface area is 269 Å². The number of Topliss-reactive ketones (excluding diaryl/α,β-unsaturated/α-hetero) is 1. The van der Waals surface area contributed by atoms with Crippen LogP contribution in [0.15, 0.2) is 66.9 Å². The highest BCUT2D eigenvalue weighted by Crippen LogP contribution is 2.39. The van der Waals surface area contributed by atoms with Crippen LogP contribution in [0, 0.1) is 5.82 Å². The molecule has 0 bridgehead atoms. The number of halogens is 2. The van der Waals surface area contributed by atoms with Crippen LogP contribution in [0.2, 0.25) is 5.02 Å². The van der Waals surface area contributed by atoms with E-state index in [1.807, 2.05) is 12.1 Å². The number of carboxylic acid groups (broad SMARTS) is 1. The number of aromatic nitrogens is 1. The number of carboxylic acids is 1. The van der Waals surface area contributed by atoms with Crippen molar-refractivity contribution in [1.82, 2.24) is 9.88 Å². The average Bonchev–Trinajstić information content (AvgIpc) is 3.55. The number of nitrogens with zero attached hydrogens (tertiary/aromatic N) is 3. The molecule has 1 fully saturated rings. The van der Waals surface area contributed by atoms with E-state index in [1.165, 1.54) is 24.4 Å². The van der Waals surface area contributed by atoms with Gasteiger partial charge in [-0.15, -0.1) is 11.3 Å². The first kappa shape index (κ1) is 30.9. The molecule has 1 atom stereocenters. The summed E-state index contributed by atoms with van der Waals surface area (Å²) < 4.78 is 20.3. The van der Waals surface area contributed by atoms with Gasteiger partial charge in [-0.1, -0.05) is 41.9 Å². The van der Waals surface area contributed by atoms with E-state index in [2.05, 4.69) is 16.0 Å². The molecule has 1 N–H and O–H groups in total. The van der Waals surface area contributed by atoms with Gasteiger partial charge in [0.1, 0.15) is 15.9 Å². The van der Waals surface area contributed by atoms with E-state index < -0.39 is 17.8 Å². The molecule has 1 aromatic heterocycles. The highest BCUT2D eigenvalue weighted by atomic mass is 35.5. The molecule has 1 unspecified atom stereocenters. The van der Waals surface area contributed by atoms with Gasteiger partial charge in [-0.3, -0.25) is 9.59 Å². The number of anilines is 1. The maximum atomic E-state index is 14.7. The molecule has 1 saturated heterocycles. The second-order valence-corrected chi connectivity index (χ2v) is 12.6. The van der Waals surface area contributed by atoms with Crippen LogP contribution in [0.25, 0.3) is 10.6 Å². The molecule has 8 nitrogen and oxygen atoms in total. The molecule has 0 spiro atoms. The van der Waals surface area contributed by atoms with Crippen LogP contribution < -0.4 is 4.90 Å². The zero-order chi connectivity index (χ0) is 31.7. The number of carbonyl (C=O) groups excluding carboxylic acids is 2. The van der Waals surface area contributed by atoms with Crippen molar-refractivity contribution in [2.75, 3.05) is 31.6 Å². The first-order valence-electron chi connectivity index (χ1n) is 14.7. The number of aromatic carboxylic acids is 1. The third-order valence-corrected chi connectivity index (χ3v) is 9.87. The minimum absolute atomic E-state index is 0.0128. The van der Waals surface area contributed by atoms with Crippen molar-refractivity contribution in [2.24, 2.45) is 0 Å². The lowest BCUT2D eigenvalue weighted by Gasteiger charge is -2.40. The number of piperidine rings is 1. The number of thiazole rings is 1. The zero-order valence-corrected chi connectivity index (χ0v) is 26.1. The minimum atomic E-state index is -1.05. The lowest BCUT2D eigenvalue weighted by molar-refractivity contribution is -0.123. The zero-order valence-electron chi connectivity index (χ0n) is 24.5. The third-order valence-electron chi connectivity index (χ3n) is 8.56. The average molecular weight is 648 g/mol. The highest BCUT2D eigenvalue weighted by molar-refractivity contribution is 7.16. The Morgan fingerprint density at radius 1 is 1.04 bits per heavy atom. The number of ketones is 1. The molecule has 0 saturated carbocycles. The lowest BCUT2D eigenvalue weighted by Crippen LogP contribution is -2.45. The van der Waals surface area contributed by atoms with Gasteiger partial charge >= 0.3 is 5.97 Å². The summed E-state index contributed by atoms with van der Waals surface area (Å²) in [6.45, 7) is 1.97. The molecule has 2 aliphatic rings. The van der Waals surface area contributed by atoms with Gasteiger partial charge in [0.15, 0.2) is 11.6 Å². The van der Waals surface area contributed by atoms with Gasteiger partial charge < -0.3 is 19.6 Å². The molecule has 45 heavy (non-hydrogen) atoms. The third kappa shape index (κ3) is 6.22. The lowest BCUT2D eigenvalue weighted by atomic mass is 9.86. The number of methoxy groups -OCH3 is 1. The van der Waals surface area contributed by atoms with Gasteiger partial charge in [0.05, 0.1) is 22.9 Å². The van der Waals surface area contributed by atoms with Crippen LogP contribution in [-0.2, 0) is 22.4 Å². The van der Waals surface area contributed by atoms with Crippen LogP contribution in [-0.4, -0.2) is 65.5 Å². The first-order chi connectivity index (χ1) is 21.7. The van der Waals surface area contributed by atoms with E-state index in [4.69, 9.17) is 16.3 Å². The number of hydrogen-bond acceptors (Lipinski definition) is 7. The van der Waals surface area contributed by atoms with Gasteiger partial charge in [-0.25, -0.2) is 14.2 Å². The van der Waals surface area contributed by atoms with Crippen molar-refractivity contribution >= 4 is 46.3 Å². The second kappa shape index (κ2) is 13.1. The van der Waals surface area contributed by atoms with Crippen LogP contribution in [0.1, 0.15) is 55.6 Å². The predicted molar refractivity (Wildman–Crippen MR) is 171 cm³/mol. The minimum Gasteiger partial charge on any atom is -0.478 e. The molecule has 11 heteroatoms. The van der Waals surface area contributed by atoms with Crippen LogP contribution >= 0.6 is 22.9 Å². The summed E-state index contributed by atoms with van der Waals surface area (Å²) in [6.07, 6.45) is 4.02. The summed E-state index contributed by atoms with van der Waals surface area (Å²) in [7, 11) is 1.74. The van der Waals surface area contributed by atoms with Gasteiger partial charge in [0.25, 0.3) is 5.91 Å². The largest absolute Gasteiger partial charge is 0.478 e. The standard InChI is InChI=1S/C34H31ClFN3O5S/c1-44-22-12-15-38(16-13-22)27-7-3-4-24-23(27)14-17-39(31(24)28(40)18-20-8-10-21(11-9-20)34(42)43)33(41)29-19-37-32(45-29)25-5-2-6-26(35)30(25)36/h2-11,19,22,31H,12-18H2,1H3,(H,42,43). The number of carbonyl (C=O) groups is 3. The van der Waals surface area contributed by atoms with Crippen molar-refractivity contribution < 1.29 is 28.6 Å². The molecule has 3 aromatic carbocycles. The van der Waals surface area contributed by atoms with E-state index in [0.29, 0.717) is 23.5 Å². The number of amides is 1. The van der Waals surface area contributed by atoms with Crippen molar-refractivity contribution in [3.8, 4) is 10.6 Å². The summed E-state index contributed by atoms with van der Waals surface area (Å²) in [5.74, 6) is -2.20. The van der Waals surface area contributed by atoms with Gasteiger partial charge in [-0.2, -0.15) is 0 Å². The summed E-state index contributed by atoms with van der Waals surface area (Å²) in [6, 6.07) is 15.9. The number of rotatable bonds is 8. The Hall–Kier alpha value is -4.12. The Morgan fingerprint density at radius 3 is 2.49 bits per heavy atom. The highest BCUT2D eigenvalue weighted by Gasteiger charge is 2.38. The number of hydrogen-bond donors (Lipinski definition) is 1. The van der Waals surface area contributed by atoms with E-state index in [1.54, 1.807) is 36.3 Å². The maximum Gasteiger partial charge on any atom is 0.335 e. The summed E-state index contributed by atoms with van der Waals surface area (Å²) in [5, 5.41) is 9.57. The summed E-state index contributed by atoms with van der Waals surface area (Å²) in [4.78, 5) is 48.1. The topological polar surface area (TPSA) is 100 Å². The quantitative estimate of drug-likeness (QED) is 0.234. The molecule has 232 valence electrons. The van der Waals surface area contributed by atoms with Gasteiger partial charge in [-0.05, 0) is 66.3 Å². The monoisotopic (exact) mass is 647 g/mol. The smallest absolute Gasteiger partial charge is 0.335 e. The van der Waals surface area contributed by atoms with Crippen LogP contribution in [0.5, 0.6) is 0 Å². The van der Waals surface area contributed by atoms with E-state index in [-0.39, 0.29) is 45.2 Å². The summed E-state index contributed by atoms with van der Waals surface area (Å²) >= 11 is 7.04. The Bertz CT molecular complexity index is 1750. The first-order valence-corrected chi connectivity index (χ1v) is 15.9. The summed E-state index contributed by atoms with van der Waals surface area (Å²) in [5.41, 5.74) is 3.87. The molecular weight excluding hydrogens is 617 g/mol. The molecule has 0 radical (unpaired) electrons. The fourth-order valence-corrected chi connectivity index (χ4v) is 7.28. The Morgan fingerprint density at radius 2 is 1.78 bits per heavy atom. The Balaban J connectivity index is 1.34. The van der Waals surface area contributed by atoms with Crippen molar-refractivity contribution in [2.45, 2.75) is 37.8 Å². The maximum absolute atomic E-state index is 14.7. The number of benzene rings is 3. The van der Waals surface area contributed by atoms with Crippen LogP contribution in [0.3, 0.4) is 0 Å². The van der Waals surface area contributed by atoms with Crippen molar-refractivity contribution in [3.63, 3.8) is 0 Å².